The fourth-order valence-electron chi connectivity index (χ4n) is 1.87. The molecule has 1 aromatic heterocycles. The number of aromatic nitrogens is 2. The number of nitrogens with one attached hydrogen (secondary N) is 1. The first-order valence-corrected chi connectivity index (χ1v) is 6.93. The van der Waals surface area contributed by atoms with E-state index in [1.54, 1.807) is 0 Å². The molecule has 0 saturated carbocycles. The molecule has 1 N–H and O–H groups in total. The molecule has 0 aromatic carbocycles. The Balaban J connectivity index is 2.32. The fraction of sp³-hybridized carbons (Fsp3) is 0.786. The highest BCUT2D eigenvalue weighted by molar-refractivity contribution is 5.10. The van der Waals surface area contributed by atoms with Crippen molar-refractivity contribution < 1.29 is 0 Å². The summed E-state index contributed by atoms with van der Waals surface area (Å²) in [7, 11) is 0. The summed E-state index contributed by atoms with van der Waals surface area (Å²) in [5.74, 6) is 0.783. The summed E-state index contributed by atoms with van der Waals surface area (Å²) in [6.07, 6.45) is 3.35. The largest absolute Gasteiger partial charge is 0.315 e. The van der Waals surface area contributed by atoms with Gasteiger partial charge in [0.15, 0.2) is 0 Å². The van der Waals surface area contributed by atoms with Gasteiger partial charge in [-0.3, -0.25) is 4.68 Å². The van der Waals surface area contributed by atoms with Gasteiger partial charge in [0.05, 0.1) is 12.2 Å². The van der Waals surface area contributed by atoms with Gasteiger partial charge in [0.1, 0.15) is 0 Å². The van der Waals surface area contributed by atoms with Gasteiger partial charge in [-0.25, -0.2) is 0 Å². The van der Waals surface area contributed by atoms with E-state index >= 15 is 0 Å². The Labute approximate surface area is 106 Å². The second-order valence-corrected chi connectivity index (χ2v) is 4.99. The first kappa shape index (κ1) is 14.2. The summed E-state index contributed by atoms with van der Waals surface area (Å²) in [4.78, 5) is 0. The Bertz CT molecular complexity index is 315. The first-order chi connectivity index (χ1) is 8.17. The van der Waals surface area contributed by atoms with E-state index < -0.39 is 0 Å². The molecule has 98 valence electrons. The SMILES string of the molecule is CCc1cc(CC)n(CCNCCC(C)C)n1. The predicted octanol–water partition coefficient (Wildman–Crippen LogP) is 2.64. The monoisotopic (exact) mass is 237 g/mol. The van der Waals surface area contributed by atoms with Crippen LogP contribution in [-0.2, 0) is 19.4 Å². The molecule has 0 aliphatic heterocycles. The van der Waals surface area contributed by atoms with Gasteiger partial charge in [-0.2, -0.15) is 5.10 Å². The Morgan fingerprint density at radius 1 is 1.24 bits per heavy atom. The molecule has 0 spiro atoms. The molecule has 0 amide bonds. The molecular formula is C14H27N3. The fourth-order valence-corrected chi connectivity index (χ4v) is 1.87. The van der Waals surface area contributed by atoms with Gasteiger partial charge in [-0.1, -0.05) is 27.7 Å². The average molecular weight is 237 g/mol. The molecule has 0 aliphatic carbocycles. The van der Waals surface area contributed by atoms with Crippen molar-refractivity contribution in [3.8, 4) is 0 Å². The topological polar surface area (TPSA) is 29.9 Å². The third-order valence-corrected chi connectivity index (χ3v) is 3.04. The lowest BCUT2D eigenvalue weighted by Gasteiger charge is -2.08. The zero-order chi connectivity index (χ0) is 12.7. The van der Waals surface area contributed by atoms with Crippen molar-refractivity contribution in [2.75, 3.05) is 13.1 Å². The second-order valence-electron chi connectivity index (χ2n) is 4.99. The maximum Gasteiger partial charge on any atom is 0.0624 e. The van der Waals surface area contributed by atoms with Crippen molar-refractivity contribution >= 4 is 0 Å². The van der Waals surface area contributed by atoms with Gasteiger partial charge < -0.3 is 5.32 Å². The lowest BCUT2D eigenvalue weighted by molar-refractivity contribution is 0.497. The van der Waals surface area contributed by atoms with Crippen molar-refractivity contribution in [2.45, 2.75) is 53.5 Å². The number of aryl methyl sites for hydroxylation is 2. The Kier molecular flexibility index (Phi) is 6.27. The summed E-state index contributed by atoms with van der Waals surface area (Å²) in [6, 6.07) is 2.23. The van der Waals surface area contributed by atoms with E-state index in [9.17, 15) is 0 Å². The van der Waals surface area contributed by atoms with Crippen LogP contribution in [0.25, 0.3) is 0 Å². The number of hydrogen-bond donors (Lipinski definition) is 1. The molecule has 0 saturated heterocycles. The second kappa shape index (κ2) is 7.49. The van der Waals surface area contributed by atoms with Crippen molar-refractivity contribution in [2.24, 2.45) is 5.92 Å². The van der Waals surface area contributed by atoms with Crippen LogP contribution in [0.3, 0.4) is 0 Å². The molecule has 0 bridgehead atoms. The van der Waals surface area contributed by atoms with E-state index in [1.807, 2.05) is 0 Å². The summed E-state index contributed by atoms with van der Waals surface area (Å²) >= 11 is 0. The molecule has 0 unspecified atom stereocenters. The highest BCUT2D eigenvalue weighted by Gasteiger charge is 2.04. The Morgan fingerprint density at radius 2 is 2.00 bits per heavy atom. The lowest BCUT2D eigenvalue weighted by Crippen LogP contribution is -2.23. The van der Waals surface area contributed by atoms with Crippen LogP contribution in [0.15, 0.2) is 6.07 Å². The zero-order valence-corrected chi connectivity index (χ0v) is 11.8. The van der Waals surface area contributed by atoms with E-state index in [4.69, 9.17) is 0 Å². The molecule has 1 heterocycles. The molecule has 0 aliphatic rings. The Morgan fingerprint density at radius 3 is 2.59 bits per heavy atom. The highest BCUT2D eigenvalue weighted by atomic mass is 15.3. The van der Waals surface area contributed by atoms with Gasteiger partial charge >= 0.3 is 0 Å². The summed E-state index contributed by atoms with van der Waals surface area (Å²) < 4.78 is 2.15. The van der Waals surface area contributed by atoms with Gasteiger partial charge in [0.2, 0.25) is 0 Å². The van der Waals surface area contributed by atoms with Gasteiger partial charge in [0.25, 0.3) is 0 Å². The van der Waals surface area contributed by atoms with Gasteiger partial charge in [-0.05, 0) is 37.8 Å². The normalized spacial score (nSPS) is 11.4. The van der Waals surface area contributed by atoms with Gasteiger partial charge in [-0.15, -0.1) is 0 Å². The third-order valence-electron chi connectivity index (χ3n) is 3.04. The van der Waals surface area contributed by atoms with Crippen molar-refractivity contribution in [1.82, 2.24) is 15.1 Å². The molecule has 0 radical (unpaired) electrons. The minimum absolute atomic E-state index is 0.783. The smallest absolute Gasteiger partial charge is 0.0624 e. The lowest BCUT2D eigenvalue weighted by atomic mass is 10.1. The Hall–Kier alpha value is -0.830. The summed E-state index contributed by atoms with van der Waals surface area (Å²) in [5, 5.41) is 8.09. The number of nitrogens with zero attached hydrogens (tertiary/aromatic N) is 2. The molecule has 1 aromatic rings. The van der Waals surface area contributed by atoms with E-state index in [2.05, 4.69) is 48.9 Å². The van der Waals surface area contributed by atoms with Crippen molar-refractivity contribution in [1.29, 1.82) is 0 Å². The van der Waals surface area contributed by atoms with Crippen molar-refractivity contribution in [3.63, 3.8) is 0 Å². The predicted molar refractivity (Wildman–Crippen MR) is 73.3 cm³/mol. The van der Waals surface area contributed by atoms with Crippen LogP contribution in [0.2, 0.25) is 0 Å². The maximum atomic E-state index is 4.61. The van der Waals surface area contributed by atoms with Crippen LogP contribution in [-0.4, -0.2) is 22.9 Å². The molecule has 3 heteroatoms. The van der Waals surface area contributed by atoms with E-state index in [0.717, 1.165) is 38.4 Å². The molecular weight excluding hydrogens is 210 g/mol. The number of hydrogen-bond acceptors (Lipinski definition) is 2. The maximum absolute atomic E-state index is 4.61. The summed E-state index contributed by atoms with van der Waals surface area (Å²) in [6.45, 7) is 12.0. The highest BCUT2D eigenvalue weighted by Crippen LogP contribution is 2.05. The molecule has 17 heavy (non-hydrogen) atoms. The van der Waals surface area contributed by atoms with E-state index in [1.165, 1.54) is 17.8 Å². The van der Waals surface area contributed by atoms with Crippen molar-refractivity contribution in [3.05, 3.63) is 17.5 Å². The molecule has 1 rings (SSSR count). The molecule has 0 fully saturated rings. The van der Waals surface area contributed by atoms with Crippen LogP contribution in [0.4, 0.5) is 0 Å². The summed E-state index contributed by atoms with van der Waals surface area (Å²) in [5.41, 5.74) is 2.57. The third kappa shape index (κ3) is 4.90. The standard InChI is InChI=1S/C14H27N3/c1-5-13-11-14(6-2)17(16-13)10-9-15-8-7-12(3)4/h11-12,15H,5-10H2,1-4H3. The van der Waals surface area contributed by atoms with E-state index in [-0.39, 0.29) is 0 Å². The zero-order valence-electron chi connectivity index (χ0n) is 11.8. The first-order valence-electron chi connectivity index (χ1n) is 6.93. The van der Waals surface area contributed by atoms with Crippen LogP contribution in [0.5, 0.6) is 0 Å². The minimum atomic E-state index is 0.783. The minimum Gasteiger partial charge on any atom is -0.315 e. The number of rotatable bonds is 8. The quantitative estimate of drug-likeness (QED) is 0.704. The molecule has 0 atom stereocenters. The van der Waals surface area contributed by atoms with Crippen LogP contribution >= 0.6 is 0 Å². The van der Waals surface area contributed by atoms with Crippen LogP contribution in [0.1, 0.15) is 45.5 Å². The average Bonchev–Trinajstić information content (AvgIpc) is 2.70. The van der Waals surface area contributed by atoms with Gasteiger partial charge in [0, 0.05) is 12.2 Å². The van der Waals surface area contributed by atoms with Crippen LogP contribution in [0, 0.1) is 5.92 Å². The van der Waals surface area contributed by atoms with Crippen LogP contribution < -0.4 is 5.32 Å². The van der Waals surface area contributed by atoms with E-state index in [0.29, 0.717) is 0 Å². The molecule has 3 nitrogen and oxygen atoms in total.